The van der Waals surface area contributed by atoms with Crippen molar-refractivity contribution >= 4 is 17.5 Å². The molecule has 0 saturated carbocycles. The number of nitrogens with one attached hydrogen (secondary N) is 1. The van der Waals surface area contributed by atoms with Crippen LogP contribution in [-0.2, 0) is 17.7 Å². The highest BCUT2D eigenvalue weighted by Gasteiger charge is 2.21. The van der Waals surface area contributed by atoms with E-state index in [0.717, 1.165) is 16.8 Å². The standard InChI is InChI=1S/C23H23N3O5/c1-4-31-22(27)14-5-7-16(8-6-14)24-21-13-18-17-12-20(30-3)19(29-2)11-15(17)9-10-26(18)23(28)25-21/h5-8,11-13H,4,9-10H2,1-3H3,(H,24,25,28). The monoisotopic (exact) mass is 421 g/mol. The zero-order chi connectivity index (χ0) is 22.0. The number of esters is 1. The Kier molecular flexibility index (Phi) is 5.62. The van der Waals surface area contributed by atoms with Crippen LogP contribution in [0.4, 0.5) is 11.5 Å². The highest BCUT2D eigenvalue weighted by Crippen LogP contribution is 2.38. The SMILES string of the molecule is CCOC(=O)c1ccc(Nc2cc3n(c(=O)n2)CCc2cc(OC)c(OC)cc2-3)cc1. The summed E-state index contributed by atoms with van der Waals surface area (Å²) in [5, 5.41) is 3.14. The van der Waals surface area contributed by atoms with E-state index in [0.29, 0.717) is 48.1 Å². The minimum absolute atomic E-state index is 0.319. The number of aryl methyl sites for hydroxylation is 1. The van der Waals surface area contributed by atoms with Crippen LogP contribution < -0.4 is 20.5 Å². The summed E-state index contributed by atoms with van der Waals surface area (Å²) in [4.78, 5) is 28.7. The third-order valence-corrected chi connectivity index (χ3v) is 5.17. The molecule has 2 heterocycles. The Bertz CT molecular complexity index is 1190. The van der Waals surface area contributed by atoms with Gasteiger partial charge in [0.15, 0.2) is 11.5 Å². The highest BCUT2D eigenvalue weighted by atomic mass is 16.5. The van der Waals surface area contributed by atoms with E-state index >= 15 is 0 Å². The summed E-state index contributed by atoms with van der Waals surface area (Å²) in [6, 6.07) is 12.5. The Morgan fingerprint density at radius 3 is 2.48 bits per heavy atom. The van der Waals surface area contributed by atoms with Gasteiger partial charge in [-0.25, -0.2) is 9.59 Å². The Morgan fingerprint density at radius 2 is 1.81 bits per heavy atom. The summed E-state index contributed by atoms with van der Waals surface area (Å²) in [5.74, 6) is 1.30. The van der Waals surface area contributed by atoms with E-state index in [2.05, 4.69) is 10.3 Å². The summed E-state index contributed by atoms with van der Waals surface area (Å²) >= 11 is 0. The molecule has 3 aromatic rings. The number of fused-ring (bicyclic) bond motifs is 3. The van der Waals surface area contributed by atoms with Gasteiger partial charge in [-0.2, -0.15) is 4.98 Å². The van der Waals surface area contributed by atoms with Gasteiger partial charge < -0.3 is 19.5 Å². The Morgan fingerprint density at radius 1 is 1.10 bits per heavy atom. The van der Waals surface area contributed by atoms with Gasteiger partial charge in [0.1, 0.15) is 5.82 Å². The van der Waals surface area contributed by atoms with Gasteiger partial charge in [0.05, 0.1) is 32.1 Å². The van der Waals surface area contributed by atoms with Crippen molar-refractivity contribution in [1.29, 1.82) is 0 Å². The molecule has 31 heavy (non-hydrogen) atoms. The first-order valence-electron chi connectivity index (χ1n) is 9.95. The number of carbonyl (C=O) groups is 1. The second kappa shape index (κ2) is 8.51. The van der Waals surface area contributed by atoms with Crippen molar-refractivity contribution in [2.24, 2.45) is 0 Å². The topological polar surface area (TPSA) is 91.7 Å². The van der Waals surface area contributed by atoms with Gasteiger partial charge in [0.2, 0.25) is 0 Å². The second-order valence-corrected chi connectivity index (χ2v) is 7.00. The Labute approximate surface area is 179 Å². The maximum Gasteiger partial charge on any atom is 0.350 e. The molecule has 0 amide bonds. The van der Waals surface area contributed by atoms with Crippen LogP contribution in [0.2, 0.25) is 0 Å². The number of ether oxygens (including phenoxy) is 3. The van der Waals surface area contributed by atoms with Gasteiger partial charge in [0, 0.05) is 23.9 Å². The van der Waals surface area contributed by atoms with E-state index < -0.39 is 0 Å². The number of carbonyl (C=O) groups excluding carboxylic acids is 1. The third kappa shape index (κ3) is 3.96. The predicted molar refractivity (Wildman–Crippen MR) is 116 cm³/mol. The van der Waals surface area contributed by atoms with Crippen LogP contribution in [-0.4, -0.2) is 36.3 Å². The van der Waals surface area contributed by atoms with E-state index in [1.807, 2.05) is 18.2 Å². The zero-order valence-corrected chi connectivity index (χ0v) is 17.6. The predicted octanol–water partition coefficient (Wildman–Crippen LogP) is 3.40. The minimum atomic E-state index is -0.375. The van der Waals surface area contributed by atoms with E-state index in [1.54, 1.807) is 50.0 Å². The van der Waals surface area contributed by atoms with Crippen LogP contribution >= 0.6 is 0 Å². The normalized spacial score (nSPS) is 11.8. The fourth-order valence-corrected chi connectivity index (χ4v) is 3.66. The molecule has 1 aliphatic heterocycles. The van der Waals surface area contributed by atoms with E-state index in [9.17, 15) is 9.59 Å². The first kappa shape index (κ1) is 20.5. The molecule has 160 valence electrons. The molecule has 0 aliphatic carbocycles. The van der Waals surface area contributed by atoms with Gasteiger partial charge in [-0.05, 0) is 55.3 Å². The summed E-state index contributed by atoms with van der Waals surface area (Å²) in [5.41, 5.74) is 3.57. The molecule has 0 fully saturated rings. The maximum absolute atomic E-state index is 12.7. The molecule has 1 aromatic heterocycles. The quantitative estimate of drug-likeness (QED) is 0.610. The fourth-order valence-electron chi connectivity index (χ4n) is 3.66. The molecule has 2 aromatic carbocycles. The number of nitrogens with zero attached hydrogens (tertiary/aromatic N) is 2. The van der Waals surface area contributed by atoms with Gasteiger partial charge in [-0.3, -0.25) is 4.57 Å². The fraction of sp³-hybridized carbons (Fsp3) is 0.261. The van der Waals surface area contributed by atoms with Crippen molar-refractivity contribution in [3.8, 4) is 22.8 Å². The van der Waals surface area contributed by atoms with Gasteiger partial charge >= 0.3 is 11.7 Å². The second-order valence-electron chi connectivity index (χ2n) is 7.00. The first-order valence-corrected chi connectivity index (χ1v) is 9.95. The van der Waals surface area contributed by atoms with Crippen LogP contribution in [0.1, 0.15) is 22.8 Å². The number of rotatable bonds is 6. The number of methoxy groups -OCH3 is 2. The van der Waals surface area contributed by atoms with Crippen LogP contribution in [0.5, 0.6) is 11.5 Å². The average molecular weight is 421 g/mol. The third-order valence-electron chi connectivity index (χ3n) is 5.17. The lowest BCUT2D eigenvalue weighted by Gasteiger charge is -2.23. The molecule has 1 N–H and O–H groups in total. The van der Waals surface area contributed by atoms with Crippen LogP contribution in [0, 0.1) is 0 Å². The van der Waals surface area contributed by atoms with Gasteiger partial charge in [-0.1, -0.05) is 0 Å². The molecule has 0 atom stereocenters. The number of hydrogen-bond donors (Lipinski definition) is 1. The molecule has 0 saturated heterocycles. The van der Waals surface area contributed by atoms with Crippen LogP contribution in [0.25, 0.3) is 11.3 Å². The molecule has 0 spiro atoms. The summed E-state index contributed by atoms with van der Waals surface area (Å²) in [7, 11) is 3.18. The summed E-state index contributed by atoms with van der Waals surface area (Å²) in [6.07, 6.45) is 0.701. The van der Waals surface area contributed by atoms with Crippen molar-refractivity contribution in [2.75, 3.05) is 26.1 Å². The molecule has 0 unspecified atom stereocenters. The molecule has 8 heteroatoms. The van der Waals surface area contributed by atoms with E-state index in [4.69, 9.17) is 14.2 Å². The molecular weight excluding hydrogens is 398 g/mol. The smallest absolute Gasteiger partial charge is 0.350 e. The number of benzene rings is 2. The van der Waals surface area contributed by atoms with Crippen molar-refractivity contribution in [3.05, 3.63) is 64.1 Å². The number of anilines is 2. The first-order chi connectivity index (χ1) is 15.0. The Hall–Kier alpha value is -3.81. The van der Waals surface area contributed by atoms with Crippen molar-refractivity contribution in [1.82, 2.24) is 9.55 Å². The van der Waals surface area contributed by atoms with E-state index in [1.165, 1.54) is 0 Å². The molecule has 0 bridgehead atoms. The average Bonchev–Trinajstić information content (AvgIpc) is 2.78. The maximum atomic E-state index is 12.7. The zero-order valence-electron chi connectivity index (χ0n) is 17.6. The largest absolute Gasteiger partial charge is 0.493 e. The molecule has 0 radical (unpaired) electrons. The lowest BCUT2D eigenvalue weighted by Crippen LogP contribution is -2.28. The van der Waals surface area contributed by atoms with E-state index in [-0.39, 0.29) is 11.7 Å². The van der Waals surface area contributed by atoms with Crippen LogP contribution in [0.3, 0.4) is 0 Å². The molecule has 1 aliphatic rings. The summed E-state index contributed by atoms with van der Waals surface area (Å²) in [6.45, 7) is 2.62. The van der Waals surface area contributed by atoms with Crippen molar-refractivity contribution < 1.29 is 19.0 Å². The lowest BCUT2D eigenvalue weighted by atomic mass is 9.97. The number of aromatic nitrogens is 2. The minimum Gasteiger partial charge on any atom is -0.493 e. The van der Waals surface area contributed by atoms with Crippen LogP contribution in [0.15, 0.2) is 47.3 Å². The number of hydrogen-bond acceptors (Lipinski definition) is 7. The Balaban J connectivity index is 1.68. The van der Waals surface area contributed by atoms with Gasteiger partial charge in [-0.15, -0.1) is 0 Å². The lowest BCUT2D eigenvalue weighted by molar-refractivity contribution is 0.0526. The van der Waals surface area contributed by atoms with Crippen molar-refractivity contribution in [2.45, 2.75) is 19.9 Å². The molecule has 8 nitrogen and oxygen atoms in total. The molecular formula is C23H23N3O5. The summed E-state index contributed by atoms with van der Waals surface area (Å²) < 4.78 is 17.5. The molecule has 4 rings (SSSR count). The van der Waals surface area contributed by atoms with Gasteiger partial charge in [0.25, 0.3) is 0 Å². The van der Waals surface area contributed by atoms with Crippen molar-refractivity contribution in [3.63, 3.8) is 0 Å². The highest BCUT2D eigenvalue weighted by molar-refractivity contribution is 5.89.